The van der Waals surface area contributed by atoms with E-state index in [0.717, 1.165) is 58.0 Å². The summed E-state index contributed by atoms with van der Waals surface area (Å²) < 4.78 is 0. The predicted octanol–water partition coefficient (Wildman–Crippen LogP) is 1.79. The number of likely N-dealkylation sites (tertiary alicyclic amines) is 1. The lowest BCUT2D eigenvalue weighted by Crippen LogP contribution is -2.63. The number of carbonyl (C=O) groups excluding carboxylic acids is 2. The first-order valence-corrected chi connectivity index (χ1v) is 10.1. The highest BCUT2D eigenvalue weighted by Crippen LogP contribution is 2.36. The molecule has 0 saturated carbocycles. The number of carbonyl (C=O) groups is 2. The Hall–Kier alpha value is -1.88. The normalized spacial score (nSPS) is 25.8. The number of benzene rings is 1. The molecular formula is C21H29N3O2. The van der Waals surface area contributed by atoms with E-state index < -0.39 is 11.6 Å². The molecule has 0 aromatic heterocycles. The summed E-state index contributed by atoms with van der Waals surface area (Å²) in [7, 11) is 0. The van der Waals surface area contributed by atoms with Crippen molar-refractivity contribution >= 4 is 11.8 Å². The Bertz CT molecular complexity index is 657. The third kappa shape index (κ3) is 3.25. The Morgan fingerprint density at radius 1 is 1.04 bits per heavy atom. The van der Waals surface area contributed by atoms with Crippen molar-refractivity contribution in [2.24, 2.45) is 0 Å². The van der Waals surface area contributed by atoms with Crippen LogP contribution in [0.1, 0.15) is 49.7 Å². The zero-order valence-corrected chi connectivity index (χ0v) is 15.4. The van der Waals surface area contributed by atoms with Crippen molar-refractivity contribution in [3.63, 3.8) is 0 Å². The van der Waals surface area contributed by atoms with Crippen LogP contribution in [0.3, 0.4) is 0 Å². The Morgan fingerprint density at radius 3 is 2.42 bits per heavy atom. The predicted molar refractivity (Wildman–Crippen MR) is 101 cm³/mol. The number of hydrogen-bond acceptors (Lipinski definition) is 3. The van der Waals surface area contributed by atoms with Gasteiger partial charge in [-0.1, -0.05) is 30.7 Å². The van der Waals surface area contributed by atoms with Crippen LogP contribution in [0.4, 0.5) is 0 Å². The molecule has 5 heteroatoms. The number of piperidine rings is 1. The summed E-state index contributed by atoms with van der Waals surface area (Å²) in [5, 5.41) is 6.06. The van der Waals surface area contributed by atoms with Gasteiger partial charge in [0.15, 0.2) is 0 Å². The summed E-state index contributed by atoms with van der Waals surface area (Å²) in [5.74, 6) is 0.0119. The molecule has 0 spiro atoms. The Morgan fingerprint density at radius 2 is 1.73 bits per heavy atom. The van der Waals surface area contributed by atoms with E-state index in [9.17, 15) is 9.59 Å². The average Bonchev–Trinajstić information content (AvgIpc) is 2.97. The van der Waals surface area contributed by atoms with Crippen LogP contribution in [-0.2, 0) is 22.4 Å². The number of hydrogen-bond donors (Lipinski definition) is 2. The Balaban J connectivity index is 1.59. The molecule has 4 rings (SSSR count). The number of fused-ring (bicyclic) bond motifs is 1. The summed E-state index contributed by atoms with van der Waals surface area (Å²) >= 11 is 0. The van der Waals surface area contributed by atoms with Gasteiger partial charge in [0.25, 0.3) is 0 Å². The van der Waals surface area contributed by atoms with Gasteiger partial charge >= 0.3 is 0 Å². The van der Waals surface area contributed by atoms with Gasteiger partial charge in [-0.15, -0.1) is 0 Å². The van der Waals surface area contributed by atoms with Crippen molar-refractivity contribution in [1.29, 1.82) is 0 Å². The van der Waals surface area contributed by atoms with Crippen molar-refractivity contribution in [3.05, 3.63) is 35.4 Å². The first-order valence-electron chi connectivity index (χ1n) is 10.1. The number of nitrogens with one attached hydrogen (secondary N) is 2. The summed E-state index contributed by atoms with van der Waals surface area (Å²) in [5.41, 5.74) is 2.02. The van der Waals surface area contributed by atoms with E-state index in [0.29, 0.717) is 6.54 Å². The molecule has 1 aromatic carbocycles. The van der Waals surface area contributed by atoms with Crippen LogP contribution in [0.25, 0.3) is 0 Å². The molecule has 140 valence electrons. The standard InChI is InChI=1S/C21H29N3O2/c25-19-18(10-4-5-11-22-19)23-20(26)21(24-12-6-1-7-13-24)14-16-8-2-3-9-17(16)15-21/h2-3,8-9,18H,1,4-7,10-15H2,(H,22,25)(H,23,26)/t18-/m0/s1. The highest BCUT2D eigenvalue weighted by molar-refractivity contribution is 5.93. The lowest BCUT2D eigenvalue weighted by molar-refractivity contribution is -0.137. The smallest absolute Gasteiger partial charge is 0.242 e. The van der Waals surface area contributed by atoms with Gasteiger partial charge in [-0.05, 0) is 56.3 Å². The molecule has 1 atom stereocenters. The van der Waals surface area contributed by atoms with Gasteiger partial charge in [-0.25, -0.2) is 0 Å². The number of nitrogens with zero attached hydrogens (tertiary/aromatic N) is 1. The molecule has 1 aliphatic carbocycles. The summed E-state index contributed by atoms with van der Waals surface area (Å²) in [6.45, 7) is 2.66. The third-order valence-electron chi connectivity index (χ3n) is 6.31. The van der Waals surface area contributed by atoms with Crippen LogP contribution < -0.4 is 10.6 Å². The largest absolute Gasteiger partial charge is 0.354 e. The van der Waals surface area contributed by atoms with Gasteiger partial charge in [-0.2, -0.15) is 0 Å². The zero-order valence-electron chi connectivity index (χ0n) is 15.4. The third-order valence-corrected chi connectivity index (χ3v) is 6.31. The first kappa shape index (κ1) is 17.5. The molecule has 26 heavy (non-hydrogen) atoms. The van der Waals surface area contributed by atoms with Crippen molar-refractivity contribution in [3.8, 4) is 0 Å². The molecule has 2 saturated heterocycles. The summed E-state index contributed by atoms with van der Waals surface area (Å²) in [4.78, 5) is 28.2. The first-order chi connectivity index (χ1) is 12.7. The number of rotatable bonds is 3. The maximum atomic E-state index is 13.5. The molecule has 3 aliphatic rings. The van der Waals surface area contributed by atoms with Crippen LogP contribution in [-0.4, -0.2) is 47.9 Å². The summed E-state index contributed by atoms with van der Waals surface area (Å²) in [6.07, 6.45) is 7.74. The van der Waals surface area contributed by atoms with Gasteiger partial charge in [0.2, 0.25) is 11.8 Å². The SMILES string of the molecule is O=C1NCCCC[C@@H]1NC(=O)C1(N2CCCCC2)Cc2ccccc2C1. The van der Waals surface area contributed by atoms with Crippen LogP contribution in [0.5, 0.6) is 0 Å². The van der Waals surface area contributed by atoms with Crippen molar-refractivity contribution in [2.75, 3.05) is 19.6 Å². The molecule has 5 nitrogen and oxygen atoms in total. The quantitative estimate of drug-likeness (QED) is 0.869. The van der Waals surface area contributed by atoms with E-state index >= 15 is 0 Å². The van der Waals surface area contributed by atoms with E-state index in [1.165, 1.54) is 17.5 Å². The minimum Gasteiger partial charge on any atom is -0.354 e. The van der Waals surface area contributed by atoms with Crippen molar-refractivity contribution in [2.45, 2.75) is 62.9 Å². The van der Waals surface area contributed by atoms with E-state index in [1.54, 1.807) is 0 Å². The molecule has 2 heterocycles. The topological polar surface area (TPSA) is 61.4 Å². The van der Waals surface area contributed by atoms with E-state index in [2.05, 4.69) is 39.8 Å². The molecule has 2 amide bonds. The van der Waals surface area contributed by atoms with Crippen LogP contribution in [0.2, 0.25) is 0 Å². The lowest BCUT2D eigenvalue weighted by Gasteiger charge is -2.42. The van der Waals surface area contributed by atoms with Gasteiger partial charge < -0.3 is 10.6 Å². The molecule has 0 bridgehead atoms. The van der Waals surface area contributed by atoms with E-state index in [-0.39, 0.29) is 11.8 Å². The molecule has 2 N–H and O–H groups in total. The molecule has 0 unspecified atom stereocenters. The van der Waals surface area contributed by atoms with Gasteiger partial charge in [0, 0.05) is 19.4 Å². The highest BCUT2D eigenvalue weighted by atomic mass is 16.2. The van der Waals surface area contributed by atoms with Crippen LogP contribution >= 0.6 is 0 Å². The molecule has 2 aliphatic heterocycles. The maximum Gasteiger partial charge on any atom is 0.242 e. The van der Waals surface area contributed by atoms with Crippen LogP contribution in [0, 0.1) is 0 Å². The minimum atomic E-state index is -0.531. The second-order valence-corrected chi connectivity index (χ2v) is 8.01. The van der Waals surface area contributed by atoms with Gasteiger partial charge in [0.05, 0.1) is 0 Å². The summed E-state index contributed by atoms with van der Waals surface area (Å²) in [6, 6.07) is 8.01. The van der Waals surface area contributed by atoms with Gasteiger partial charge in [0.1, 0.15) is 11.6 Å². The number of amides is 2. The highest BCUT2D eigenvalue weighted by Gasteiger charge is 2.49. The molecule has 0 radical (unpaired) electrons. The maximum absolute atomic E-state index is 13.5. The fraction of sp³-hybridized carbons (Fsp3) is 0.619. The lowest BCUT2D eigenvalue weighted by atomic mass is 9.89. The molecule has 1 aromatic rings. The van der Waals surface area contributed by atoms with Crippen molar-refractivity contribution in [1.82, 2.24) is 15.5 Å². The molecular weight excluding hydrogens is 326 g/mol. The second-order valence-electron chi connectivity index (χ2n) is 8.01. The average molecular weight is 355 g/mol. The fourth-order valence-electron chi connectivity index (χ4n) is 4.81. The monoisotopic (exact) mass is 355 g/mol. The minimum absolute atomic E-state index is 0.0276. The van der Waals surface area contributed by atoms with Crippen LogP contribution in [0.15, 0.2) is 24.3 Å². The Kier molecular flexibility index (Phi) is 4.98. The second kappa shape index (κ2) is 7.39. The fourth-order valence-corrected chi connectivity index (χ4v) is 4.81. The molecule has 2 fully saturated rings. The Labute approximate surface area is 155 Å². The van der Waals surface area contributed by atoms with E-state index in [1.807, 2.05) is 0 Å². The van der Waals surface area contributed by atoms with E-state index in [4.69, 9.17) is 0 Å². The zero-order chi connectivity index (χ0) is 18.0. The van der Waals surface area contributed by atoms with Gasteiger partial charge in [-0.3, -0.25) is 14.5 Å². The van der Waals surface area contributed by atoms with Crippen molar-refractivity contribution < 1.29 is 9.59 Å².